The van der Waals surface area contributed by atoms with Crippen LogP contribution in [0.3, 0.4) is 0 Å². The molecule has 0 saturated heterocycles. The number of nitrogens with one attached hydrogen (secondary N) is 1. The number of ether oxygens (including phenoxy) is 1. The SMILES string of the molecule is CCCOC(=O)c1c(NC(C)=O)sc2c1CC[C@@H](C)C2. The molecule has 2 rings (SSSR count). The van der Waals surface area contributed by atoms with Gasteiger partial charge in [-0.05, 0) is 37.2 Å². The van der Waals surface area contributed by atoms with Crippen molar-refractivity contribution in [1.29, 1.82) is 0 Å². The molecule has 1 aromatic rings. The normalized spacial score (nSPS) is 17.4. The highest BCUT2D eigenvalue weighted by Gasteiger charge is 2.28. The van der Waals surface area contributed by atoms with Gasteiger partial charge in [0.25, 0.3) is 0 Å². The Labute approximate surface area is 123 Å². The minimum atomic E-state index is -0.303. The van der Waals surface area contributed by atoms with Gasteiger partial charge in [0, 0.05) is 11.8 Å². The topological polar surface area (TPSA) is 55.4 Å². The highest BCUT2D eigenvalue weighted by atomic mass is 32.1. The molecular weight excluding hydrogens is 274 g/mol. The first kappa shape index (κ1) is 15.0. The second-order valence-electron chi connectivity index (χ2n) is 5.37. The summed E-state index contributed by atoms with van der Waals surface area (Å²) in [6.07, 6.45) is 3.75. The number of rotatable bonds is 4. The number of hydrogen-bond acceptors (Lipinski definition) is 4. The monoisotopic (exact) mass is 295 g/mol. The number of carbonyl (C=O) groups is 2. The first-order valence-corrected chi connectivity index (χ1v) is 7.93. The summed E-state index contributed by atoms with van der Waals surface area (Å²) in [5.74, 6) is 0.176. The fraction of sp³-hybridized carbons (Fsp3) is 0.600. The van der Waals surface area contributed by atoms with Gasteiger partial charge < -0.3 is 10.1 Å². The molecule has 110 valence electrons. The van der Waals surface area contributed by atoms with Crippen LogP contribution in [0.4, 0.5) is 5.00 Å². The Hall–Kier alpha value is -1.36. The molecule has 1 aliphatic carbocycles. The van der Waals surface area contributed by atoms with Crippen LogP contribution in [-0.2, 0) is 22.4 Å². The van der Waals surface area contributed by atoms with Gasteiger partial charge in [0.15, 0.2) is 0 Å². The summed E-state index contributed by atoms with van der Waals surface area (Å²) in [4.78, 5) is 24.8. The van der Waals surface area contributed by atoms with E-state index in [1.165, 1.54) is 23.1 Å². The molecule has 0 bridgehead atoms. The molecule has 4 nitrogen and oxygen atoms in total. The molecule has 1 aliphatic rings. The minimum absolute atomic E-state index is 0.152. The molecule has 0 aromatic carbocycles. The third kappa shape index (κ3) is 3.20. The van der Waals surface area contributed by atoms with Crippen molar-refractivity contribution in [2.24, 2.45) is 5.92 Å². The lowest BCUT2D eigenvalue weighted by Gasteiger charge is -2.18. The Bertz CT molecular complexity index is 521. The third-order valence-electron chi connectivity index (χ3n) is 3.44. The van der Waals surface area contributed by atoms with Crippen molar-refractivity contribution in [3.8, 4) is 0 Å². The van der Waals surface area contributed by atoms with Crippen LogP contribution in [0.25, 0.3) is 0 Å². The van der Waals surface area contributed by atoms with Crippen molar-refractivity contribution >= 4 is 28.2 Å². The smallest absolute Gasteiger partial charge is 0.341 e. The first-order chi connectivity index (χ1) is 9.52. The van der Waals surface area contributed by atoms with Gasteiger partial charge >= 0.3 is 5.97 Å². The van der Waals surface area contributed by atoms with Crippen molar-refractivity contribution in [1.82, 2.24) is 0 Å². The van der Waals surface area contributed by atoms with Crippen molar-refractivity contribution in [2.75, 3.05) is 11.9 Å². The van der Waals surface area contributed by atoms with E-state index in [4.69, 9.17) is 4.74 Å². The zero-order chi connectivity index (χ0) is 14.7. The van der Waals surface area contributed by atoms with E-state index >= 15 is 0 Å². The molecule has 20 heavy (non-hydrogen) atoms. The number of thiophene rings is 1. The zero-order valence-corrected chi connectivity index (χ0v) is 13.1. The van der Waals surface area contributed by atoms with Crippen molar-refractivity contribution in [2.45, 2.75) is 46.5 Å². The van der Waals surface area contributed by atoms with Crippen LogP contribution in [-0.4, -0.2) is 18.5 Å². The van der Waals surface area contributed by atoms with E-state index in [0.717, 1.165) is 31.2 Å². The molecule has 0 unspecified atom stereocenters. The van der Waals surface area contributed by atoms with Crippen LogP contribution in [0.2, 0.25) is 0 Å². The van der Waals surface area contributed by atoms with Gasteiger partial charge in [-0.15, -0.1) is 11.3 Å². The summed E-state index contributed by atoms with van der Waals surface area (Å²) in [6.45, 7) is 6.06. The Morgan fingerprint density at radius 3 is 2.85 bits per heavy atom. The van der Waals surface area contributed by atoms with Crippen LogP contribution in [0, 0.1) is 5.92 Å². The molecule has 1 atom stereocenters. The Balaban J connectivity index is 2.35. The summed E-state index contributed by atoms with van der Waals surface area (Å²) in [5, 5.41) is 3.43. The molecule has 0 radical (unpaired) electrons. The van der Waals surface area contributed by atoms with Gasteiger partial charge in [-0.25, -0.2) is 4.79 Å². The summed E-state index contributed by atoms with van der Waals surface area (Å²) >= 11 is 1.52. The van der Waals surface area contributed by atoms with E-state index in [2.05, 4.69) is 12.2 Å². The standard InChI is InChI=1S/C15H21NO3S/c1-4-7-19-15(18)13-11-6-5-9(2)8-12(11)20-14(13)16-10(3)17/h9H,4-8H2,1-3H3,(H,16,17)/t9-/m1/s1. The molecule has 1 N–H and O–H groups in total. The summed E-state index contributed by atoms with van der Waals surface area (Å²) in [6, 6.07) is 0. The zero-order valence-electron chi connectivity index (χ0n) is 12.2. The minimum Gasteiger partial charge on any atom is -0.462 e. The predicted octanol–water partition coefficient (Wildman–Crippen LogP) is 3.40. The van der Waals surface area contributed by atoms with Crippen LogP contribution in [0.15, 0.2) is 0 Å². The molecule has 0 aliphatic heterocycles. The van der Waals surface area contributed by atoms with Crippen LogP contribution >= 0.6 is 11.3 Å². The fourth-order valence-corrected chi connectivity index (χ4v) is 3.93. The van der Waals surface area contributed by atoms with Crippen molar-refractivity contribution < 1.29 is 14.3 Å². The molecular formula is C15H21NO3S. The fourth-order valence-electron chi connectivity index (χ4n) is 2.48. The number of carbonyl (C=O) groups excluding carboxylic acids is 2. The van der Waals surface area contributed by atoms with Gasteiger partial charge in [0.1, 0.15) is 5.00 Å². The Kier molecular flexibility index (Phi) is 4.81. The maximum atomic E-state index is 12.3. The summed E-state index contributed by atoms with van der Waals surface area (Å²) < 4.78 is 5.27. The van der Waals surface area contributed by atoms with E-state index < -0.39 is 0 Å². The first-order valence-electron chi connectivity index (χ1n) is 7.12. The molecule has 0 fully saturated rings. The van der Waals surface area contributed by atoms with Gasteiger partial charge in [0.2, 0.25) is 5.91 Å². The van der Waals surface area contributed by atoms with Crippen molar-refractivity contribution in [3.63, 3.8) is 0 Å². The number of anilines is 1. The Morgan fingerprint density at radius 2 is 2.20 bits per heavy atom. The maximum absolute atomic E-state index is 12.3. The van der Waals surface area contributed by atoms with E-state index in [0.29, 0.717) is 23.1 Å². The second kappa shape index (κ2) is 6.39. The predicted molar refractivity (Wildman–Crippen MR) is 80.4 cm³/mol. The molecule has 1 aromatic heterocycles. The lowest BCUT2D eigenvalue weighted by Crippen LogP contribution is -2.15. The Morgan fingerprint density at radius 1 is 1.45 bits per heavy atom. The third-order valence-corrected chi connectivity index (χ3v) is 4.61. The van der Waals surface area contributed by atoms with E-state index in [1.807, 2.05) is 6.92 Å². The van der Waals surface area contributed by atoms with Gasteiger partial charge in [-0.2, -0.15) is 0 Å². The highest BCUT2D eigenvalue weighted by molar-refractivity contribution is 7.17. The number of hydrogen-bond donors (Lipinski definition) is 1. The average Bonchev–Trinajstić information content (AvgIpc) is 2.71. The number of esters is 1. The quantitative estimate of drug-likeness (QED) is 0.866. The summed E-state index contributed by atoms with van der Waals surface area (Å²) in [5.41, 5.74) is 1.67. The van der Waals surface area contributed by atoms with E-state index in [1.54, 1.807) is 0 Å². The molecule has 5 heteroatoms. The van der Waals surface area contributed by atoms with Crippen LogP contribution in [0.5, 0.6) is 0 Å². The second-order valence-corrected chi connectivity index (χ2v) is 6.48. The maximum Gasteiger partial charge on any atom is 0.341 e. The van der Waals surface area contributed by atoms with E-state index in [-0.39, 0.29) is 11.9 Å². The molecule has 0 saturated carbocycles. The lowest BCUT2D eigenvalue weighted by atomic mass is 9.88. The van der Waals surface area contributed by atoms with Crippen molar-refractivity contribution in [3.05, 3.63) is 16.0 Å². The molecule has 1 amide bonds. The number of amides is 1. The van der Waals surface area contributed by atoms with Gasteiger partial charge in [0.05, 0.1) is 12.2 Å². The van der Waals surface area contributed by atoms with Gasteiger partial charge in [-0.1, -0.05) is 13.8 Å². The highest BCUT2D eigenvalue weighted by Crippen LogP contribution is 2.40. The van der Waals surface area contributed by atoms with Crippen LogP contribution in [0.1, 0.15) is 54.4 Å². The van der Waals surface area contributed by atoms with E-state index in [9.17, 15) is 9.59 Å². The lowest BCUT2D eigenvalue weighted by molar-refractivity contribution is -0.114. The van der Waals surface area contributed by atoms with Crippen LogP contribution < -0.4 is 5.32 Å². The summed E-state index contributed by atoms with van der Waals surface area (Å²) in [7, 11) is 0. The number of fused-ring (bicyclic) bond motifs is 1. The largest absolute Gasteiger partial charge is 0.462 e. The molecule has 1 heterocycles. The molecule has 0 spiro atoms. The average molecular weight is 295 g/mol. The van der Waals surface area contributed by atoms with Gasteiger partial charge in [-0.3, -0.25) is 4.79 Å².